The Balaban J connectivity index is 1.60. The lowest BCUT2D eigenvalue weighted by Gasteiger charge is -2.35. The zero-order valence-corrected chi connectivity index (χ0v) is 18.7. The lowest BCUT2D eigenvalue weighted by atomic mass is 10.2. The first-order chi connectivity index (χ1) is 15.5. The summed E-state index contributed by atoms with van der Waals surface area (Å²) in [6, 6.07) is 26.3. The van der Waals surface area contributed by atoms with Crippen LogP contribution in [0.1, 0.15) is 12.0 Å². The minimum Gasteiger partial charge on any atom is -0.304 e. The van der Waals surface area contributed by atoms with Gasteiger partial charge < -0.3 is 9.34 Å². The highest BCUT2D eigenvalue weighted by Gasteiger charge is 2.57. The first-order valence-corrected chi connectivity index (χ1v) is 12.4. The molecule has 162 valence electrons. The summed E-state index contributed by atoms with van der Waals surface area (Å²) >= 11 is 0. The number of rotatable bonds is 4. The van der Waals surface area contributed by atoms with Crippen LogP contribution in [0.2, 0.25) is 0 Å². The smallest absolute Gasteiger partial charge is 0.275 e. The molecule has 6 nitrogen and oxygen atoms in total. The van der Waals surface area contributed by atoms with Crippen LogP contribution in [0.25, 0.3) is 0 Å². The number of aryl methyl sites for hydroxylation is 1. The zero-order valence-electron chi connectivity index (χ0n) is 17.8. The van der Waals surface area contributed by atoms with Gasteiger partial charge in [0, 0.05) is 30.9 Å². The summed E-state index contributed by atoms with van der Waals surface area (Å²) in [7, 11) is -3.49. The first-order valence-electron chi connectivity index (χ1n) is 10.7. The molecule has 0 radical (unpaired) electrons. The summed E-state index contributed by atoms with van der Waals surface area (Å²) in [5.74, 6) is -0.707. The molecule has 0 aromatic heterocycles. The van der Waals surface area contributed by atoms with E-state index in [2.05, 4.69) is 0 Å². The Bertz CT molecular complexity index is 1160. The molecule has 3 aromatic rings. The van der Waals surface area contributed by atoms with Crippen LogP contribution in [-0.4, -0.2) is 30.6 Å². The Morgan fingerprint density at radius 1 is 0.750 bits per heavy atom. The Morgan fingerprint density at radius 2 is 1.28 bits per heavy atom. The molecule has 1 atom stereocenters. The van der Waals surface area contributed by atoms with Crippen LogP contribution in [-0.2, 0) is 14.2 Å². The fraction of sp³-hybridized carbons (Fsp3) is 0.200. The molecule has 2 saturated heterocycles. The van der Waals surface area contributed by atoms with Crippen molar-refractivity contribution in [2.75, 3.05) is 27.3 Å². The topological polar surface area (TPSA) is 60.9 Å². The summed E-state index contributed by atoms with van der Waals surface area (Å²) in [4.78, 5) is 27.9. The lowest BCUT2D eigenvalue weighted by Crippen LogP contribution is -2.36. The second-order valence-corrected chi connectivity index (χ2v) is 10.9. The van der Waals surface area contributed by atoms with E-state index in [1.54, 1.807) is 6.07 Å². The normalized spacial score (nSPS) is 20.3. The molecular weight excluding hydrogens is 421 g/mol. The predicted molar refractivity (Wildman–Crippen MR) is 127 cm³/mol. The average Bonchev–Trinajstić information content (AvgIpc) is 3.31. The second kappa shape index (κ2) is 7.95. The maximum Gasteiger partial charge on any atom is 0.275 e. The molecule has 32 heavy (non-hydrogen) atoms. The summed E-state index contributed by atoms with van der Waals surface area (Å²) in [6.07, 6.45) is -0.0727. The lowest BCUT2D eigenvalue weighted by molar-refractivity contribution is -0.121. The van der Waals surface area contributed by atoms with Crippen molar-refractivity contribution >= 4 is 36.3 Å². The van der Waals surface area contributed by atoms with Gasteiger partial charge in [-0.15, -0.1) is 0 Å². The number of amides is 2. The third kappa shape index (κ3) is 3.23. The number of benzene rings is 3. The largest absolute Gasteiger partial charge is 0.304 e. The van der Waals surface area contributed by atoms with Crippen molar-refractivity contribution in [3.63, 3.8) is 0 Å². The highest BCUT2D eigenvalue weighted by molar-refractivity contribution is 7.69. The third-order valence-electron chi connectivity index (χ3n) is 6.11. The Labute approximate surface area is 187 Å². The van der Waals surface area contributed by atoms with Crippen LogP contribution in [0.5, 0.6) is 0 Å². The van der Waals surface area contributed by atoms with Gasteiger partial charge in [0.2, 0.25) is 11.8 Å². The number of hydrogen-bond donors (Lipinski definition) is 0. The van der Waals surface area contributed by atoms with Crippen molar-refractivity contribution in [2.24, 2.45) is 0 Å². The summed E-state index contributed by atoms with van der Waals surface area (Å²) < 4.78 is 18.6. The SMILES string of the molecule is Cc1cccc(N2C(=O)CC(P3(=O)N(c4ccccc4)CCN3c3ccccc3)C2=O)c1. The highest BCUT2D eigenvalue weighted by Crippen LogP contribution is 2.65. The van der Waals surface area contributed by atoms with Crippen LogP contribution in [0.4, 0.5) is 17.1 Å². The van der Waals surface area contributed by atoms with Gasteiger partial charge in [-0.25, -0.2) is 4.90 Å². The number of hydrogen-bond acceptors (Lipinski definition) is 3. The van der Waals surface area contributed by atoms with Crippen molar-refractivity contribution in [1.82, 2.24) is 0 Å². The summed E-state index contributed by atoms with van der Waals surface area (Å²) in [6.45, 7) is 2.94. The van der Waals surface area contributed by atoms with Crippen LogP contribution < -0.4 is 14.2 Å². The van der Waals surface area contributed by atoms with Crippen molar-refractivity contribution in [3.8, 4) is 0 Å². The van der Waals surface area contributed by atoms with E-state index >= 15 is 0 Å². The third-order valence-corrected chi connectivity index (χ3v) is 9.57. The Hall–Kier alpha value is -3.37. The van der Waals surface area contributed by atoms with Crippen molar-refractivity contribution < 1.29 is 14.2 Å². The quantitative estimate of drug-likeness (QED) is 0.425. The van der Waals surface area contributed by atoms with Crippen LogP contribution in [0, 0.1) is 6.92 Å². The van der Waals surface area contributed by atoms with E-state index in [1.807, 2.05) is 95.1 Å². The maximum absolute atomic E-state index is 14.9. The van der Waals surface area contributed by atoms with Crippen LogP contribution in [0.3, 0.4) is 0 Å². The predicted octanol–water partition coefficient (Wildman–Crippen LogP) is 4.85. The van der Waals surface area contributed by atoms with Crippen LogP contribution >= 0.6 is 7.44 Å². The number of para-hydroxylation sites is 2. The minimum atomic E-state index is -3.49. The number of anilines is 3. The molecule has 0 saturated carbocycles. The van der Waals surface area contributed by atoms with E-state index in [0.29, 0.717) is 18.8 Å². The molecule has 1 unspecified atom stereocenters. The molecule has 0 spiro atoms. The second-order valence-electron chi connectivity index (χ2n) is 8.13. The molecule has 0 N–H and O–H groups in total. The molecule has 2 amide bonds. The standard InChI is InChI=1S/C25H24N3O3P/c1-19-9-8-14-22(17-19)28-24(29)18-23(25(28)30)32(31)26(20-10-4-2-5-11-20)15-16-27(32)21-12-6-3-7-13-21/h2-14,17,23H,15-16,18H2,1H3. The van der Waals surface area contributed by atoms with E-state index in [9.17, 15) is 14.2 Å². The zero-order chi connectivity index (χ0) is 22.3. The Kier molecular flexibility index (Phi) is 5.10. The van der Waals surface area contributed by atoms with E-state index in [4.69, 9.17) is 0 Å². The minimum absolute atomic E-state index is 0.0727. The number of carbonyl (C=O) groups is 2. The summed E-state index contributed by atoms with van der Waals surface area (Å²) in [5.41, 5.74) is 2.15. The maximum atomic E-state index is 14.9. The van der Waals surface area contributed by atoms with Crippen molar-refractivity contribution in [3.05, 3.63) is 90.5 Å². The molecule has 0 bridgehead atoms. The van der Waals surface area contributed by atoms with Gasteiger partial charge in [0.15, 0.2) is 0 Å². The molecule has 3 aromatic carbocycles. The molecule has 2 fully saturated rings. The highest BCUT2D eigenvalue weighted by atomic mass is 31.2. The van der Waals surface area contributed by atoms with Gasteiger partial charge >= 0.3 is 0 Å². The molecule has 2 aliphatic rings. The molecular formula is C25H24N3O3P. The van der Waals surface area contributed by atoms with E-state index in [0.717, 1.165) is 16.9 Å². The average molecular weight is 445 g/mol. The van der Waals surface area contributed by atoms with Gasteiger partial charge in [-0.05, 0) is 48.9 Å². The van der Waals surface area contributed by atoms with Gasteiger partial charge in [-0.3, -0.25) is 14.2 Å². The van der Waals surface area contributed by atoms with Crippen molar-refractivity contribution in [1.29, 1.82) is 0 Å². The molecule has 5 rings (SSSR count). The molecule has 7 heteroatoms. The van der Waals surface area contributed by atoms with Gasteiger partial charge in [-0.1, -0.05) is 48.5 Å². The number of carbonyl (C=O) groups excluding carboxylic acids is 2. The van der Waals surface area contributed by atoms with E-state index < -0.39 is 19.0 Å². The molecule has 2 heterocycles. The van der Waals surface area contributed by atoms with Gasteiger partial charge in [0.25, 0.3) is 7.44 Å². The van der Waals surface area contributed by atoms with Crippen LogP contribution in [0.15, 0.2) is 84.9 Å². The van der Waals surface area contributed by atoms with Gasteiger partial charge in [0.1, 0.15) is 5.66 Å². The number of nitrogens with zero attached hydrogens (tertiary/aromatic N) is 3. The molecule has 2 aliphatic heterocycles. The molecule has 0 aliphatic carbocycles. The first kappa shape index (κ1) is 20.5. The fourth-order valence-corrected chi connectivity index (χ4v) is 8.06. The van der Waals surface area contributed by atoms with Gasteiger partial charge in [0.05, 0.1) is 5.69 Å². The van der Waals surface area contributed by atoms with E-state index in [1.165, 1.54) is 4.90 Å². The van der Waals surface area contributed by atoms with Gasteiger partial charge in [-0.2, -0.15) is 0 Å². The number of imide groups is 1. The monoisotopic (exact) mass is 445 g/mol. The van der Waals surface area contributed by atoms with Crippen molar-refractivity contribution in [2.45, 2.75) is 19.0 Å². The van der Waals surface area contributed by atoms with E-state index in [-0.39, 0.29) is 12.3 Å². The Morgan fingerprint density at radius 3 is 1.81 bits per heavy atom. The summed E-state index contributed by atoms with van der Waals surface area (Å²) in [5, 5.41) is 0. The fourth-order valence-electron chi connectivity index (χ4n) is 4.65.